The van der Waals surface area contributed by atoms with E-state index in [1.54, 1.807) is 24.3 Å². The van der Waals surface area contributed by atoms with E-state index in [1.165, 1.54) is 6.26 Å². The van der Waals surface area contributed by atoms with Crippen molar-refractivity contribution < 1.29 is 14.3 Å². The Hall–Kier alpha value is -2.17. The molecular formula is C12H14N2O3. The molecule has 1 atom stereocenters. The van der Waals surface area contributed by atoms with Crippen molar-refractivity contribution in [3.63, 3.8) is 0 Å². The van der Waals surface area contributed by atoms with Gasteiger partial charge in [-0.2, -0.15) is 0 Å². The number of nitrogen functional groups attached to an aromatic ring is 2. The zero-order valence-electron chi connectivity index (χ0n) is 9.26. The fourth-order valence-electron chi connectivity index (χ4n) is 1.60. The van der Waals surface area contributed by atoms with Crippen molar-refractivity contribution in [1.82, 2.24) is 0 Å². The van der Waals surface area contributed by atoms with Crippen LogP contribution in [0.3, 0.4) is 0 Å². The smallest absolute Gasteiger partial charge is 0.316 e. The van der Waals surface area contributed by atoms with Gasteiger partial charge in [0.2, 0.25) is 0 Å². The molecule has 0 bridgehead atoms. The van der Waals surface area contributed by atoms with Gasteiger partial charge in [0, 0.05) is 11.4 Å². The first-order chi connectivity index (χ1) is 8.15. The van der Waals surface area contributed by atoms with Crippen LogP contribution in [0.4, 0.5) is 11.4 Å². The Labute approximate surface area is 99.0 Å². The average molecular weight is 234 g/mol. The van der Waals surface area contributed by atoms with Gasteiger partial charge >= 0.3 is 5.97 Å². The number of rotatable bonds is 3. The summed E-state index contributed by atoms with van der Waals surface area (Å²) < 4.78 is 10.1. The molecule has 0 amide bonds. The zero-order chi connectivity index (χ0) is 12.3. The Kier molecular flexibility index (Phi) is 3.18. The van der Waals surface area contributed by atoms with E-state index in [4.69, 9.17) is 20.9 Å². The van der Waals surface area contributed by atoms with E-state index in [-0.39, 0.29) is 18.5 Å². The van der Waals surface area contributed by atoms with E-state index in [0.29, 0.717) is 18.0 Å². The molecule has 1 aliphatic rings. The summed E-state index contributed by atoms with van der Waals surface area (Å²) in [7, 11) is 0. The van der Waals surface area contributed by atoms with Crippen molar-refractivity contribution in [1.29, 1.82) is 0 Å². The van der Waals surface area contributed by atoms with Crippen LogP contribution in [0.15, 0.2) is 30.5 Å². The number of ether oxygens (including phenoxy) is 2. The molecule has 17 heavy (non-hydrogen) atoms. The highest BCUT2D eigenvalue weighted by molar-refractivity contribution is 5.75. The molecule has 4 N–H and O–H groups in total. The van der Waals surface area contributed by atoms with Crippen LogP contribution in [0.1, 0.15) is 5.56 Å². The number of hydrogen-bond donors (Lipinski definition) is 2. The third kappa shape index (κ3) is 2.90. The van der Waals surface area contributed by atoms with Crippen LogP contribution >= 0.6 is 0 Å². The Balaban J connectivity index is 1.93. The first-order valence-corrected chi connectivity index (χ1v) is 5.25. The minimum atomic E-state index is -0.312. The summed E-state index contributed by atoms with van der Waals surface area (Å²) in [6.45, 7) is 0.510. The quantitative estimate of drug-likeness (QED) is 0.603. The summed E-state index contributed by atoms with van der Waals surface area (Å²) in [5.74, 6) is -0.617. The van der Waals surface area contributed by atoms with Crippen LogP contribution in [0.25, 0.3) is 0 Å². The van der Waals surface area contributed by atoms with E-state index in [1.807, 2.05) is 0 Å². The lowest BCUT2D eigenvalue weighted by molar-refractivity contribution is -0.148. The normalized spacial score (nSPS) is 17.8. The van der Waals surface area contributed by atoms with Crippen LogP contribution in [0, 0.1) is 5.92 Å². The maximum absolute atomic E-state index is 11.6. The maximum atomic E-state index is 11.6. The highest BCUT2D eigenvalue weighted by atomic mass is 16.5. The largest absolute Gasteiger partial charge is 0.500 e. The van der Waals surface area contributed by atoms with Gasteiger partial charge < -0.3 is 20.9 Å². The van der Waals surface area contributed by atoms with Crippen LogP contribution in [-0.4, -0.2) is 12.6 Å². The standard InChI is InChI=1S/C12H14N2O3/c13-10-3-8(4-11(14)5-10)6-17-12(15)9-1-2-16-7-9/h1-5,9H,6-7,13-14H2. The highest BCUT2D eigenvalue weighted by Crippen LogP contribution is 2.16. The Bertz CT molecular complexity index is 437. The van der Waals surface area contributed by atoms with Gasteiger partial charge in [-0.25, -0.2) is 0 Å². The van der Waals surface area contributed by atoms with Crippen LogP contribution in [0.5, 0.6) is 0 Å². The summed E-state index contributed by atoms with van der Waals surface area (Å²) in [4.78, 5) is 11.6. The van der Waals surface area contributed by atoms with Crippen molar-refractivity contribution in [2.75, 3.05) is 18.1 Å². The predicted molar refractivity (Wildman–Crippen MR) is 63.6 cm³/mol. The molecular weight excluding hydrogens is 220 g/mol. The molecule has 0 aromatic heterocycles. The van der Waals surface area contributed by atoms with Crippen LogP contribution in [0.2, 0.25) is 0 Å². The zero-order valence-corrected chi connectivity index (χ0v) is 9.26. The summed E-state index contributed by atoms with van der Waals surface area (Å²) in [6, 6.07) is 5.11. The van der Waals surface area contributed by atoms with Gasteiger partial charge in [0.15, 0.2) is 0 Å². The maximum Gasteiger partial charge on any atom is 0.316 e. The van der Waals surface area contributed by atoms with E-state index in [9.17, 15) is 4.79 Å². The Morgan fingerprint density at radius 1 is 1.35 bits per heavy atom. The number of anilines is 2. The lowest BCUT2D eigenvalue weighted by atomic mass is 10.1. The molecule has 0 aliphatic carbocycles. The van der Waals surface area contributed by atoms with E-state index in [2.05, 4.69) is 0 Å². The third-order valence-electron chi connectivity index (χ3n) is 2.40. The average Bonchev–Trinajstić information content (AvgIpc) is 2.78. The number of benzene rings is 1. The van der Waals surface area contributed by atoms with E-state index >= 15 is 0 Å². The molecule has 5 heteroatoms. The minimum Gasteiger partial charge on any atom is -0.500 e. The molecule has 2 rings (SSSR count). The van der Waals surface area contributed by atoms with Gasteiger partial charge in [-0.05, 0) is 29.8 Å². The van der Waals surface area contributed by atoms with Crippen molar-refractivity contribution in [2.45, 2.75) is 6.61 Å². The second kappa shape index (κ2) is 4.78. The molecule has 1 aliphatic heterocycles. The summed E-state index contributed by atoms with van der Waals surface area (Å²) in [5.41, 5.74) is 13.2. The van der Waals surface area contributed by atoms with Crippen molar-refractivity contribution >= 4 is 17.3 Å². The SMILES string of the molecule is Nc1cc(N)cc(COC(=O)C2C=COC2)c1. The first kappa shape index (κ1) is 11.3. The molecule has 90 valence electrons. The monoisotopic (exact) mass is 234 g/mol. The molecule has 0 saturated carbocycles. The molecule has 5 nitrogen and oxygen atoms in total. The first-order valence-electron chi connectivity index (χ1n) is 5.25. The second-order valence-corrected chi connectivity index (χ2v) is 3.88. The van der Waals surface area contributed by atoms with E-state index in [0.717, 1.165) is 5.56 Å². The van der Waals surface area contributed by atoms with Crippen molar-refractivity contribution in [2.24, 2.45) is 5.92 Å². The van der Waals surface area contributed by atoms with Gasteiger partial charge in [0.1, 0.15) is 19.1 Å². The fourth-order valence-corrected chi connectivity index (χ4v) is 1.60. The molecule has 1 heterocycles. The molecule has 1 unspecified atom stereocenters. The van der Waals surface area contributed by atoms with Crippen molar-refractivity contribution in [3.05, 3.63) is 36.1 Å². The van der Waals surface area contributed by atoms with Gasteiger partial charge in [-0.1, -0.05) is 0 Å². The van der Waals surface area contributed by atoms with Crippen molar-refractivity contribution in [3.8, 4) is 0 Å². The number of esters is 1. The van der Waals surface area contributed by atoms with Gasteiger partial charge in [-0.15, -0.1) is 0 Å². The Morgan fingerprint density at radius 2 is 2.06 bits per heavy atom. The molecule has 0 saturated heterocycles. The number of carbonyl (C=O) groups is 1. The Morgan fingerprint density at radius 3 is 2.65 bits per heavy atom. The topological polar surface area (TPSA) is 87.6 Å². The summed E-state index contributed by atoms with van der Waals surface area (Å²) in [6.07, 6.45) is 3.18. The van der Waals surface area contributed by atoms with Crippen LogP contribution < -0.4 is 11.5 Å². The highest BCUT2D eigenvalue weighted by Gasteiger charge is 2.21. The molecule has 1 aromatic carbocycles. The molecule has 0 radical (unpaired) electrons. The molecule has 1 aromatic rings. The number of hydrogen-bond acceptors (Lipinski definition) is 5. The lowest BCUT2D eigenvalue weighted by Crippen LogP contribution is -2.17. The fraction of sp³-hybridized carbons (Fsp3) is 0.250. The van der Waals surface area contributed by atoms with Gasteiger partial charge in [0.25, 0.3) is 0 Å². The van der Waals surface area contributed by atoms with E-state index < -0.39 is 0 Å². The third-order valence-corrected chi connectivity index (χ3v) is 2.40. The molecule has 0 fully saturated rings. The van der Waals surface area contributed by atoms with Crippen LogP contribution in [-0.2, 0) is 20.9 Å². The number of carbonyl (C=O) groups excluding carboxylic acids is 1. The summed E-state index contributed by atoms with van der Waals surface area (Å²) >= 11 is 0. The van der Waals surface area contributed by atoms with Gasteiger partial charge in [-0.3, -0.25) is 4.79 Å². The predicted octanol–water partition coefficient (Wildman–Crippen LogP) is 1.05. The molecule has 0 spiro atoms. The number of nitrogens with two attached hydrogens (primary N) is 2. The minimum absolute atomic E-state index is 0.165. The lowest BCUT2D eigenvalue weighted by Gasteiger charge is -2.09. The van der Waals surface area contributed by atoms with Gasteiger partial charge in [0.05, 0.1) is 6.26 Å². The summed E-state index contributed by atoms with van der Waals surface area (Å²) in [5, 5.41) is 0. The second-order valence-electron chi connectivity index (χ2n) is 3.88.